The third-order valence-electron chi connectivity index (χ3n) is 4.58. The summed E-state index contributed by atoms with van der Waals surface area (Å²) < 4.78 is 28.1. The van der Waals surface area contributed by atoms with Crippen LogP contribution in [0.5, 0.6) is 0 Å². The molecule has 1 saturated carbocycles. The van der Waals surface area contributed by atoms with Gasteiger partial charge in [0.1, 0.15) is 11.6 Å². The normalized spacial score (nSPS) is 17.2. The average Bonchev–Trinajstić information content (AvgIpc) is 2.45. The van der Waals surface area contributed by atoms with Crippen LogP contribution in [0.3, 0.4) is 0 Å². The predicted molar refractivity (Wildman–Crippen MR) is 80.9 cm³/mol. The number of rotatable bonds is 7. The lowest BCUT2D eigenvalue weighted by Gasteiger charge is -2.41. The first-order valence-corrected chi connectivity index (χ1v) is 7.88. The Morgan fingerprint density at radius 1 is 1.30 bits per heavy atom. The smallest absolute Gasteiger partial charge is 0.308 e. The molecule has 23 heavy (non-hydrogen) atoms. The molecule has 0 saturated heterocycles. The molecule has 0 aromatic heterocycles. The number of nitrogens with one attached hydrogen (secondary N) is 1. The molecular weight excluding hydrogens is 304 g/mol. The lowest BCUT2D eigenvalue weighted by atomic mass is 9.63. The van der Waals surface area contributed by atoms with Gasteiger partial charge in [0, 0.05) is 12.1 Å². The number of carboxylic acids is 1. The van der Waals surface area contributed by atoms with Crippen molar-refractivity contribution in [3.05, 3.63) is 35.4 Å². The SMILES string of the molecule is CCCC(CNC(=O)C1(c2c(F)cccc2F)CCC1)C(=O)O. The van der Waals surface area contributed by atoms with Crippen LogP contribution in [0.4, 0.5) is 8.78 Å². The molecule has 0 aliphatic heterocycles. The Hall–Kier alpha value is -1.98. The molecule has 4 nitrogen and oxygen atoms in total. The first-order chi connectivity index (χ1) is 10.9. The van der Waals surface area contributed by atoms with Gasteiger partial charge in [-0.25, -0.2) is 8.78 Å². The van der Waals surface area contributed by atoms with E-state index in [2.05, 4.69) is 5.32 Å². The Bertz CT molecular complexity index is 579. The molecule has 1 aromatic rings. The molecule has 6 heteroatoms. The third kappa shape index (κ3) is 3.35. The van der Waals surface area contributed by atoms with Gasteiger partial charge in [-0.15, -0.1) is 0 Å². The van der Waals surface area contributed by atoms with Crippen LogP contribution in [-0.2, 0) is 15.0 Å². The van der Waals surface area contributed by atoms with Crippen LogP contribution in [0.15, 0.2) is 18.2 Å². The van der Waals surface area contributed by atoms with E-state index in [0.717, 1.165) is 12.1 Å². The number of hydrogen-bond donors (Lipinski definition) is 2. The molecule has 1 amide bonds. The molecule has 0 radical (unpaired) electrons. The summed E-state index contributed by atoms with van der Waals surface area (Å²) in [5.41, 5.74) is -1.42. The number of carbonyl (C=O) groups excluding carboxylic acids is 1. The van der Waals surface area contributed by atoms with E-state index in [1.165, 1.54) is 6.07 Å². The lowest BCUT2D eigenvalue weighted by Crippen LogP contribution is -2.51. The zero-order chi connectivity index (χ0) is 17.0. The molecule has 2 N–H and O–H groups in total. The molecular formula is C17H21F2NO3. The molecule has 1 aromatic carbocycles. The van der Waals surface area contributed by atoms with Crippen molar-refractivity contribution in [2.75, 3.05) is 6.54 Å². The van der Waals surface area contributed by atoms with E-state index in [1.807, 2.05) is 6.92 Å². The summed E-state index contributed by atoms with van der Waals surface area (Å²) in [6, 6.07) is 3.55. The highest BCUT2D eigenvalue weighted by molar-refractivity contribution is 5.89. The monoisotopic (exact) mass is 325 g/mol. The van der Waals surface area contributed by atoms with Crippen molar-refractivity contribution in [3.8, 4) is 0 Å². The van der Waals surface area contributed by atoms with Gasteiger partial charge in [-0.1, -0.05) is 25.8 Å². The topological polar surface area (TPSA) is 66.4 Å². The summed E-state index contributed by atoms with van der Waals surface area (Å²) in [5, 5.41) is 11.7. The van der Waals surface area contributed by atoms with Gasteiger partial charge < -0.3 is 10.4 Å². The Kier molecular flexibility index (Phi) is 5.34. The quantitative estimate of drug-likeness (QED) is 0.810. The minimum absolute atomic E-state index is 0.0279. The zero-order valence-electron chi connectivity index (χ0n) is 13.1. The molecule has 1 aliphatic rings. The number of halogens is 2. The van der Waals surface area contributed by atoms with Crippen LogP contribution in [0, 0.1) is 17.6 Å². The van der Waals surface area contributed by atoms with E-state index in [4.69, 9.17) is 5.11 Å². The van der Waals surface area contributed by atoms with E-state index in [0.29, 0.717) is 32.1 Å². The van der Waals surface area contributed by atoms with E-state index < -0.39 is 34.8 Å². The fourth-order valence-corrected chi connectivity index (χ4v) is 3.12. The number of amides is 1. The maximum Gasteiger partial charge on any atom is 0.308 e. The van der Waals surface area contributed by atoms with Gasteiger partial charge in [-0.05, 0) is 31.4 Å². The number of aliphatic carboxylic acids is 1. The molecule has 0 heterocycles. The van der Waals surface area contributed by atoms with Crippen molar-refractivity contribution in [1.82, 2.24) is 5.32 Å². The molecule has 1 atom stereocenters. The summed E-state index contributed by atoms with van der Waals surface area (Å²) in [5.74, 6) is -3.63. The minimum atomic E-state index is -1.22. The van der Waals surface area contributed by atoms with Crippen molar-refractivity contribution in [2.24, 2.45) is 5.92 Å². The summed E-state index contributed by atoms with van der Waals surface area (Å²) in [6.07, 6.45) is 2.56. The fraction of sp³-hybridized carbons (Fsp3) is 0.529. The zero-order valence-corrected chi connectivity index (χ0v) is 13.1. The molecule has 0 bridgehead atoms. The van der Waals surface area contributed by atoms with Gasteiger partial charge in [-0.2, -0.15) is 0 Å². The van der Waals surface area contributed by atoms with Gasteiger partial charge in [0.05, 0.1) is 11.3 Å². The second-order valence-corrected chi connectivity index (χ2v) is 6.07. The Morgan fingerprint density at radius 2 is 1.91 bits per heavy atom. The predicted octanol–water partition coefficient (Wildman–Crippen LogP) is 3.00. The number of carboxylic acid groups (broad SMARTS) is 1. The van der Waals surface area contributed by atoms with Crippen molar-refractivity contribution in [1.29, 1.82) is 0 Å². The molecule has 1 fully saturated rings. The first-order valence-electron chi connectivity index (χ1n) is 7.88. The largest absolute Gasteiger partial charge is 0.481 e. The summed E-state index contributed by atoms with van der Waals surface area (Å²) in [7, 11) is 0. The number of benzene rings is 1. The molecule has 1 aliphatic carbocycles. The van der Waals surface area contributed by atoms with E-state index in [1.54, 1.807) is 0 Å². The molecule has 1 unspecified atom stereocenters. The van der Waals surface area contributed by atoms with Crippen molar-refractivity contribution >= 4 is 11.9 Å². The van der Waals surface area contributed by atoms with Gasteiger partial charge in [0.25, 0.3) is 0 Å². The van der Waals surface area contributed by atoms with Crippen LogP contribution in [-0.4, -0.2) is 23.5 Å². The fourth-order valence-electron chi connectivity index (χ4n) is 3.12. The highest BCUT2D eigenvalue weighted by atomic mass is 19.1. The maximum absolute atomic E-state index is 14.1. The van der Waals surface area contributed by atoms with Gasteiger partial charge in [-0.3, -0.25) is 9.59 Å². The van der Waals surface area contributed by atoms with Crippen molar-refractivity contribution < 1.29 is 23.5 Å². The summed E-state index contributed by atoms with van der Waals surface area (Å²) >= 11 is 0. The average molecular weight is 325 g/mol. The maximum atomic E-state index is 14.1. The Morgan fingerprint density at radius 3 is 2.35 bits per heavy atom. The summed E-state index contributed by atoms with van der Waals surface area (Å²) in [6.45, 7) is 1.83. The number of hydrogen-bond acceptors (Lipinski definition) is 2. The van der Waals surface area contributed by atoms with Crippen LogP contribution < -0.4 is 5.32 Å². The Balaban J connectivity index is 2.17. The molecule has 126 valence electrons. The van der Waals surface area contributed by atoms with Gasteiger partial charge >= 0.3 is 5.97 Å². The van der Waals surface area contributed by atoms with E-state index >= 15 is 0 Å². The van der Waals surface area contributed by atoms with Crippen molar-refractivity contribution in [3.63, 3.8) is 0 Å². The number of carbonyl (C=O) groups is 2. The van der Waals surface area contributed by atoms with E-state index in [9.17, 15) is 18.4 Å². The highest BCUT2D eigenvalue weighted by Gasteiger charge is 2.49. The van der Waals surface area contributed by atoms with Crippen molar-refractivity contribution in [2.45, 2.75) is 44.4 Å². The second-order valence-electron chi connectivity index (χ2n) is 6.07. The first kappa shape index (κ1) is 17.4. The standard InChI is InChI=1S/C17H21F2NO3/c1-2-5-11(15(21)22)10-20-16(23)17(8-4-9-17)14-12(18)6-3-7-13(14)19/h3,6-7,11H,2,4-5,8-10H2,1H3,(H,20,23)(H,21,22). The van der Waals surface area contributed by atoms with Gasteiger partial charge in [0.2, 0.25) is 5.91 Å². The van der Waals surface area contributed by atoms with E-state index in [-0.39, 0.29) is 12.1 Å². The van der Waals surface area contributed by atoms with Crippen LogP contribution in [0.1, 0.15) is 44.6 Å². The lowest BCUT2D eigenvalue weighted by molar-refractivity contribution is -0.142. The Labute approximate surface area is 133 Å². The molecule has 2 rings (SSSR count). The highest BCUT2D eigenvalue weighted by Crippen LogP contribution is 2.46. The minimum Gasteiger partial charge on any atom is -0.481 e. The van der Waals surface area contributed by atoms with Crippen LogP contribution in [0.2, 0.25) is 0 Å². The summed E-state index contributed by atoms with van der Waals surface area (Å²) in [4.78, 5) is 23.7. The second kappa shape index (κ2) is 7.06. The molecule has 0 spiro atoms. The third-order valence-corrected chi connectivity index (χ3v) is 4.58. The van der Waals surface area contributed by atoms with Crippen LogP contribution >= 0.6 is 0 Å². The van der Waals surface area contributed by atoms with Gasteiger partial charge in [0.15, 0.2) is 0 Å². The van der Waals surface area contributed by atoms with Crippen LogP contribution in [0.25, 0.3) is 0 Å².